The molecule has 5 rings (SSSR count). The Balaban J connectivity index is 1.62. The van der Waals surface area contributed by atoms with Gasteiger partial charge in [-0.1, -0.05) is 60.2 Å². The van der Waals surface area contributed by atoms with E-state index < -0.39 is 27.3 Å². The molecular weight excluding hydrogens is 476 g/mol. The van der Waals surface area contributed by atoms with Gasteiger partial charge in [-0.2, -0.15) is 13.0 Å². The fraction of sp³-hybridized carbons (Fsp3) is 0.0357. The molecule has 4 aromatic rings. The number of aryl methyl sites for hydroxylation is 1. The van der Waals surface area contributed by atoms with Crippen molar-refractivity contribution in [3.05, 3.63) is 120 Å². The van der Waals surface area contributed by atoms with E-state index in [0.29, 0.717) is 11.5 Å². The third-order valence-corrected chi connectivity index (χ3v) is 6.93. The molecule has 0 amide bonds. The summed E-state index contributed by atoms with van der Waals surface area (Å²) in [6.45, 7) is 1.83. The molecule has 0 aliphatic heterocycles. The molecule has 0 unspecified atom stereocenters. The normalized spacial score (nSPS) is 14.6. The first-order valence-electron chi connectivity index (χ1n) is 11.1. The maximum atomic E-state index is 13.5. The van der Waals surface area contributed by atoms with Gasteiger partial charge in [0, 0.05) is 17.7 Å². The van der Waals surface area contributed by atoms with Gasteiger partial charge >= 0.3 is 0 Å². The molecule has 1 aromatic heterocycles. The smallest absolute Gasteiger partial charge is 0.283 e. The number of aromatic nitrogens is 1. The number of Topliss-reactive ketones (excluding diaryl/α,β-unsaturated/α-hetero) is 1. The van der Waals surface area contributed by atoms with Crippen LogP contribution in [-0.2, 0) is 10.0 Å². The van der Waals surface area contributed by atoms with Crippen molar-refractivity contribution in [2.75, 3.05) is 0 Å². The van der Waals surface area contributed by atoms with Gasteiger partial charge < -0.3 is 9.84 Å². The number of rotatable bonds is 5. The van der Waals surface area contributed by atoms with Crippen LogP contribution in [0.25, 0.3) is 11.5 Å². The van der Waals surface area contributed by atoms with Crippen molar-refractivity contribution < 1.29 is 27.6 Å². The minimum absolute atomic E-state index is 0.0735. The number of ether oxygens (including phenoxy) is 1. The van der Waals surface area contributed by atoms with Crippen molar-refractivity contribution in [1.82, 2.24) is 0 Å². The number of carbonyl (C=O) groups is 1. The van der Waals surface area contributed by atoms with E-state index in [1.165, 1.54) is 41.2 Å². The molecule has 8 heteroatoms. The SMILES string of the molecule is Cc1ccc(S(=O)(=O)/N=C2\C(=O)c3ccccc3C([O-])=C2[n+]2ccc(Oc3ccccc3)cc2)cc1. The van der Waals surface area contributed by atoms with Crippen LogP contribution in [0.5, 0.6) is 11.5 Å². The molecule has 1 heterocycles. The third kappa shape index (κ3) is 4.42. The van der Waals surface area contributed by atoms with Gasteiger partial charge in [0.2, 0.25) is 11.5 Å². The van der Waals surface area contributed by atoms with Gasteiger partial charge in [0.1, 0.15) is 11.5 Å². The Morgan fingerprint density at radius 3 is 2.03 bits per heavy atom. The van der Waals surface area contributed by atoms with E-state index in [-0.39, 0.29) is 21.7 Å². The van der Waals surface area contributed by atoms with E-state index in [0.717, 1.165) is 5.56 Å². The van der Waals surface area contributed by atoms with E-state index in [9.17, 15) is 18.3 Å². The first-order chi connectivity index (χ1) is 17.3. The van der Waals surface area contributed by atoms with Crippen molar-refractivity contribution >= 4 is 33.0 Å². The lowest BCUT2D eigenvalue weighted by Gasteiger charge is -2.23. The Hall–Kier alpha value is -4.56. The second-order valence-corrected chi connectivity index (χ2v) is 9.74. The summed E-state index contributed by atoms with van der Waals surface area (Å²) in [6, 6.07) is 24.8. The number of hydrogen-bond acceptors (Lipinski definition) is 5. The van der Waals surface area contributed by atoms with Gasteiger partial charge in [0.05, 0.1) is 4.90 Å². The molecule has 0 radical (unpaired) electrons. The molecule has 1 aliphatic carbocycles. The number of carbonyl (C=O) groups excluding carboxylic acids is 1. The van der Waals surface area contributed by atoms with Gasteiger partial charge in [-0.3, -0.25) is 4.79 Å². The highest BCUT2D eigenvalue weighted by molar-refractivity contribution is 7.90. The van der Waals surface area contributed by atoms with Crippen molar-refractivity contribution in [1.29, 1.82) is 0 Å². The van der Waals surface area contributed by atoms with Gasteiger partial charge in [0.15, 0.2) is 18.1 Å². The summed E-state index contributed by atoms with van der Waals surface area (Å²) in [6.07, 6.45) is 3.06. The monoisotopic (exact) mass is 496 g/mol. The molecule has 178 valence electrons. The average Bonchev–Trinajstić information content (AvgIpc) is 2.89. The maximum absolute atomic E-state index is 13.5. The van der Waals surface area contributed by atoms with E-state index in [1.807, 2.05) is 25.1 Å². The number of allylic oxidation sites excluding steroid dienone is 1. The molecule has 0 saturated carbocycles. The summed E-state index contributed by atoms with van der Waals surface area (Å²) in [7, 11) is -4.27. The van der Waals surface area contributed by atoms with Crippen LogP contribution >= 0.6 is 0 Å². The Morgan fingerprint density at radius 1 is 0.778 bits per heavy atom. The van der Waals surface area contributed by atoms with Gasteiger partial charge in [-0.25, -0.2) is 0 Å². The van der Waals surface area contributed by atoms with Crippen LogP contribution in [0.15, 0.2) is 113 Å². The minimum Gasteiger partial charge on any atom is -0.867 e. The van der Waals surface area contributed by atoms with Crippen molar-refractivity contribution in [3.63, 3.8) is 0 Å². The highest BCUT2D eigenvalue weighted by Crippen LogP contribution is 2.28. The number of pyridine rings is 1. The Bertz CT molecular complexity index is 1620. The molecule has 0 spiro atoms. The number of hydrogen-bond donors (Lipinski definition) is 0. The number of ketones is 1. The van der Waals surface area contributed by atoms with Crippen LogP contribution in [0.3, 0.4) is 0 Å². The zero-order valence-electron chi connectivity index (χ0n) is 19.2. The molecule has 36 heavy (non-hydrogen) atoms. The van der Waals surface area contributed by atoms with E-state index >= 15 is 0 Å². The van der Waals surface area contributed by atoms with Crippen molar-refractivity contribution in [3.8, 4) is 11.5 Å². The van der Waals surface area contributed by atoms with Crippen LogP contribution < -0.4 is 14.4 Å². The van der Waals surface area contributed by atoms with E-state index in [2.05, 4.69) is 4.40 Å². The van der Waals surface area contributed by atoms with Crippen LogP contribution in [-0.4, -0.2) is 19.9 Å². The Kier molecular flexibility index (Phi) is 5.95. The second kappa shape index (κ2) is 9.24. The lowest BCUT2D eigenvalue weighted by Crippen LogP contribution is -2.43. The van der Waals surface area contributed by atoms with Crippen LogP contribution in [0.1, 0.15) is 21.5 Å². The number of para-hydroxylation sites is 1. The summed E-state index contributed by atoms with van der Waals surface area (Å²) >= 11 is 0. The Labute approximate surface area is 208 Å². The zero-order chi connectivity index (χ0) is 25.3. The topological polar surface area (TPSA) is 99.7 Å². The van der Waals surface area contributed by atoms with Crippen molar-refractivity contribution in [2.45, 2.75) is 11.8 Å². The minimum atomic E-state index is -4.27. The molecule has 0 fully saturated rings. The fourth-order valence-electron chi connectivity index (χ4n) is 3.81. The van der Waals surface area contributed by atoms with E-state index in [1.54, 1.807) is 48.5 Å². The standard InChI is InChI=1S/C28H20N2O5S/c1-19-11-13-22(14-12-19)36(33,34)29-25-26(28(32)24-10-6-5-9-23(24)27(25)31)30-17-15-21(16-18-30)35-20-7-3-2-4-8-20/h2-18H,1H3. The quantitative estimate of drug-likeness (QED) is 0.392. The molecule has 0 N–H and O–H groups in total. The molecule has 0 bridgehead atoms. The summed E-state index contributed by atoms with van der Waals surface area (Å²) < 4.78 is 37.3. The van der Waals surface area contributed by atoms with Crippen molar-refractivity contribution in [2.24, 2.45) is 4.40 Å². The van der Waals surface area contributed by atoms with Gasteiger partial charge in [0.25, 0.3) is 10.0 Å². The largest absolute Gasteiger partial charge is 0.867 e. The van der Waals surface area contributed by atoms with Gasteiger partial charge in [-0.15, -0.1) is 4.40 Å². The Morgan fingerprint density at radius 2 is 1.36 bits per heavy atom. The highest BCUT2D eigenvalue weighted by Gasteiger charge is 2.35. The molecular formula is C28H20N2O5S. The van der Waals surface area contributed by atoms with Crippen LogP contribution in [0.4, 0.5) is 0 Å². The van der Waals surface area contributed by atoms with E-state index in [4.69, 9.17) is 4.74 Å². The number of fused-ring (bicyclic) bond motifs is 1. The zero-order valence-corrected chi connectivity index (χ0v) is 20.0. The maximum Gasteiger partial charge on any atom is 0.283 e. The summed E-state index contributed by atoms with van der Waals surface area (Å²) in [5, 5.41) is 13.5. The predicted molar refractivity (Wildman–Crippen MR) is 133 cm³/mol. The molecule has 7 nitrogen and oxygen atoms in total. The third-order valence-electron chi connectivity index (χ3n) is 5.64. The lowest BCUT2D eigenvalue weighted by molar-refractivity contribution is -0.577. The summed E-state index contributed by atoms with van der Waals surface area (Å²) in [5.41, 5.74) is 0.566. The lowest BCUT2D eigenvalue weighted by atomic mass is 9.91. The summed E-state index contributed by atoms with van der Waals surface area (Å²) in [5.74, 6) is -0.0243. The molecule has 0 atom stereocenters. The molecule has 3 aromatic carbocycles. The fourth-order valence-corrected chi connectivity index (χ4v) is 4.81. The number of benzene rings is 3. The molecule has 0 saturated heterocycles. The summed E-state index contributed by atoms with van der Waals surface area (Å²) in [4.78, 5) is 13.3. The molecule has 1 aliphatic rings. The van der Waals surface area contributed by atoms with Gasteiger partial charge in [-0.05, 0) is 42.5 Å². The highest BCUT2D eigenvalue weighted by atomic mass is 32.2. The van der Waals surface area contributed by atoms with Crippen LogP contribution in [0, 0.1) is 6.92 Å². The predicted octanol–water partition coefficient (Wildman–Crippen LogP) is 3.79. The first-order valence-corrected chi connectivity index (χ1v) is 12.5. The number of nitrogens with zero attached hydrogens (tertiary/aromatic N) is 2. The first kappa shape index (κ1) is 23.2. The van der Waals surface area contributed by atoms with Crippen LogP contribution in [0.2, 0.25) is 0 Å². The number of sulfonamides is 1. The second-order valence-electron chi connectivity index (χ2n) is 8.14. The average molecular weight is 497 g/mol.